The summed E-state index contributed by atoms with van der Waals surface area (Å²) in [5.74, 6) is -0.0375. The molecule has 0 fully saturated rings. The molecule has 1 aromatic carbocycles. The molecule has 0 saturated carbocycles. The number of hydrogen-bond acceptors (Lipinski definition) is 3. The normalized spacial score (nSPS) is 16.6. The van der Waals surface area contributed by atoms with Crippen molar-refractivity contribution in [1.29, 1.82) is 0 Å². The van der Waals surface area contributed by atoms with Crippen molar-refractivity contribution in [2.24, 2.45) is 11.3 Å². The molecule has 1 aliphatic rings. The minimum absolute atomic E-state index is 0.0994. The lowest BCUT2D eigenvalue weighted by Gasteiger charge is -2.29. The van der Waals surface area contributed by atoms with Crippen LogP contribution in [-0.4, -0.2) is 18.4 Å². The maximum absolute atomic E-state index is 12.3. The average Bonchev–Trinajstić information content (AvgIpc) is 2.88. The molecule has 0 saturated heterocycles. The second kappa shape index (κ2) is 6.82. The molecular formula is C19H28O3. The first-order valence-electron chi connectivity index (χ1n) is 8.27. The predicted molar refractivity (Wildman–Crippen MR) is 87.5 cm³/mol. The number of hydrogen-bond donors (Lipinski definition) is 0. The van der Waals surface area contributed by atoms with Crippen LogP contribution in [0.25, 0.3) is 0 Å². The molecule has 0 spiro atoms. The minimum Gasteiger partial charge on any atom is -0.435 e. The molecule has 0 aromatic heterocycles. The average molecular weight is 304 g/mol. The van der Waals surface area contributed by atoms with Crippen LogP contribution in [0.1, 0.15) is 52.2 Å². The van der Waals surface area contributed by atoms with Gasteiger partial charge in [0.25, 0.3) is 0 Å². The van der Waals surface area contributed by atoms with E-state index in [1.807, 2.05) is 34.6 Å². The summed E-state index contributed by atoms with van der Waals surface area (Å²) in [6.07, 6.45) is 2.17. The maximum atomic E-state index is 12.3. The van der Waals surface area contributed by atoms with E-state index in [0.29, 0.717) is 0 Å². The number of benzene rings is 1. The van der Waals surface area contributed by atoms with Crippen LogP contribution in [0.15, 0.2) is 24.3 Å². The van der Waals surface area contributed by atoms with Gasteiger partial charge in [-0.05, 0) is 44.2 Å². The molecule has 0 bridgehead atoms. The Balaban J connectivity index is 1.98. The molecule has 1 atom stereocenters. The predicted octanol–water partition coefficient (Wildman–Crippen LogP) is 4.13. The Morgan fingerprint density at radius 1 is 1.23 bits per heavy atom. The van der Waals surface area contributed by atoms with Crippen LogP contribution in [-0.2, 0) is 27.1 Å². The Morgan fingerprint density at radius 3 is 2.23 bits per heavy atom. The van der Waals surface area contributed by atoms with Crippen LogP contribution in [0.4, 0.5) is 0 Å². The van der Waals surface area contributed by atoms with Gasteiger partial charge in [0.15, 0.2) is 0 Å². The molecule has 22 heavy (non-hydrogen) atoms. The van der Waals surface area contributed by atoms with Crippen LogP contribution in [0.5, 0.6) is 0 Å². The molecule has 3 heteroatoms. The largest absolute Gasteiger partial charge is 0.435 e. The third kappa shape index (κ3) is 3.89. The van der Waals surface area contributed by atoms with Crippen molar-refractivity contribution in [3.05, 3.63) is 35.4 Å². The van der Waals surface area contributed by atoms with Crippen LogP contribution < -0.4 is 0 Å². The fourth-order valence-electron chi connectivity index (χ4n) is 2.53. The van der Waals surface area contributed by atoms with Crippen molar-refractivity contribution in [3.63, 3.8) is 0 Å². The lowest BCUT2D eigenvalue weighted by atomic mass is 9.90. The van der Waals surface area contributed by atoms with E-state index < -0.39 is 11.7 Å². The number of carbonyl (C=O) groups is 1. The van der Waals surface area contributed by atoms with Gasteiger partial charge in [0, 0.05) is 5.92 Å². The van der Waals surface area contributed by atoms with Crippen molar-refractivity contribution in [3.8, 4) is 0 Å². The summed E-state index contributed by atoms with van der Waals surface area (Å²) in [6.45, 7) is 9.88. The fraction of sp³-hybridized carbons (Fsp3) is 0.632. The van der Waals surface area contributed by atoms with E-state index in [0.717, 1.165) is 19.3 Å². The van der Waals surface area contributed by atoms with Gasteiger partial charge in [-0.2, -0.15) is 0 Å². The van der Waals surface area contributed by atoms with Gasteiger partial charge >= 0.3 is 5.97 Å². The van der Waals surface area contributed by atoms with Gasteiger partial charge in [-0.3, -0.25) is 4.79 Å². The van der Waals surface area contributed by atoms with Crippen molar-refractivity contribution >= 4 is 5.97 Å². The first-order valence-corrected chi connectivity index (χ1v) is 8.27. The Labute approximate surface area is 134 Å². The Hall–Kier alpha value is -1.35. The monoisotopic (exact) mass is 304 g/mol. The van der Waals surface area contributed by atoms with Crippen molar-refractivity contribution in [2.45, 2.75) is 66.3 Å². The molecule has 0 heterocycles. The van der Waals surface area contributed by atoms with E-state index in [1.165, 1.54) is 11.1 Å². The Kier molecular flexibility index (Phi) is 5.28. The number of fused-ring (bicyclic) bond motifs is 1. The zero-order chi connectivity index (χ0) is 16.3. The molecule has 1 aliphatic carbocycles. The summed E-state index contributed by atoms with van der Waals surface area (Å²) < 4.78 is 11.8. The molecule has 1 unspecified atom stereocenters. The van der Waals surface area contributed by atoms with Gasteiger partial charge in [0.1, 0.15) is 0 Å². The Morgan fingerprint density at radius 2 is 1.77 bits per heavy atom. The second-order valence-electron chi connectivity index (χ2n) is 7.19. The lowest BCUT2D eigenvalue weighted by Crippen LogP contribution is -2.36. The zero-order valence-corrected chi connectivity index (χ0v) is 14.4. The number of esters is 1. The van der Waals surface area contributed by atoms with Crippen molar-refractivity contribution < 1.29 is 14.3 Å². The van der Waals surface area contributed by atoms with Crippen LogP contribution >= 0.6 is 0 Å². The molecule has 0 N–H and O–H groups in total. The standard InChI is InChI=1S/C19H28O3/c1-6-19(4,5)18(20)22-17(13(2)3)21-16-11-14-9-7-8-10-15(14)12-16/h7-10,13,16-17H,6,11-12H2,1-5H3. The van der Waals surface area contributed by atoms with E-state index in [-0.39, 0.29) is 18.0 Å². The van der Waals surface area contributed by atoms with Gasteiger partial charge in [0.05, 0.1) is 11.5 Å². The molecular weight excluding hydrogens is 276 g/mol. The number of ether oxygens (including phenoxy) is 2. The van der Waals surface area contributed by atoms with Crippen LogP contribution in [0.3, 0.4) is 0 Å². The molecule has 122 valence electrons. The summed E-state index contributed by atoms with van der Waals surface area (Å²) in [6, 6.07) is 8.42. The molecule has 3 nitrogen and oxygen atoms in total. The van der Waals surface area contributed by atoms with E-state index in [2.05, 4.69) is 24.3 Å². The highest BCUT2D eigenvalue weighted by molar-refractivity contribution is 5.75. The molecule has 1 aromatic rings. The van der Waals surface area contributed by atoms with Crippen molar-refractivity contribution in [1.82, 2.24) is 0 Å². The Bertz CT molecular complexity index is 494. The third-order valence-electron chi connectivity index (χ3n) is 4.54. The first kappa shape index (κ1) is 17.0. The van der Waals surface area contributed by atoms with Gasteiger partial charge in [-0.25, -0.2) is 0 Å². The topological polar surface area (TPSA) is 35.5 Å². The van der Waals surface area contributed by atoms with E-state index in [9.17, 15) is 4.79 Å². The summed E-state index contributed by atoms with van der Waals surface area (Å²) in [7, 11) is 0. The van der Waals surface area contributed by atoms with E-state index >= 15 is 0 Å². The zero-order valence-electron chi connectivity index (χ0n) is 14.4. The van der Waals surface area contributed by atoms with Crippen LogP contribution in [0.2, 0.25) is 0 Å². The van der Waals surface area contributed by atoms with E-state index in [4.69, 9.17) is 9.47 Å². The first-order chi connectivity index (χ1) is 10.3. The molecule has 0 amide bonds. The van der Waals surface area contributed by atoms with E-state index in [1.54, 1.807) is 0 Å². The van der Waals surface area contributed by atoms with Crippen LogP contribution in [0, 0.1) is 11.3 Å². The third-order valence-corrected chi connectivity index (χ3v) is 4.54. The SMILES string of the molecule is CCC(C)(C)C(=O)OC(OC1Cc2ccccc2C1)C(C)C. The van der Waals surface area contributed by atoms with Gasteiger partial charge in [0.2, 0.25) is 6.29 Å². The highest BCUT2D eigenvalue weighted by Crippen LogP contribution is 2.28. The van der Waals surface area contributed by atoms with Crippen molar-refractivity contribution in [2.75, 3.05) is 0 Å². The number of rotatable bonds is 6. The fourth-order valence-corrected chi connectivity index (χ4v) is 2.53. The highest BCUT2D eigenvalue weighted by Gasteiger charge is 2.33. The smallest absolute Gasteiger partial charge is 0.313 e. The van der Waals surface area contributed by atoms with Gasteiger partial charge in [-0.15, -0.1) is 0 Å². The summed E-state index contributed by atoms with van der Waals surface area (Å²) >= 11 is 0. The number of carbonyl (C=O) groups excluding carboxylic acids is 1. The summed E-state index contributed by atoms with van der Waals surface area (Å²) in [5, 5.41) is 0. The second-order valence-corrected chi connectivity index (χ2v) is 7.19. The quantitative estimate of drug-likeness (QED) is 0.585. The van der Waals surface area contributed by atoms with Gasteiger partial charge < -0.3 is 9.47 Å². The maximum Gasteiger partial charge on any atom is 0.313 e. The van der Waals surface area contributed by atoms with Gasteiger partial charge in [-0.1, -0.05) is 45.0 Å². The lowest BCUT2D eigenvalue weighted by molar-refractivity contribution is -0.208. The minimum atomic E-state index is -0.474. The molecule has 0 aliphatic heterocycles. The molecule has 2 rings (SSSR count). The summed E-state index contributed by atoms with van der Waals surface area (Å²) in [5.41, 5.74) is 2.22. The highest BCUT2D eigenvalue weighted by atomic mass is 16.7. The summed E-state index contributed by atoms with van der Waals surface area (Å²) in [4.78, 5) is 12.3. The molecule has 0 radical (unpaired) electrons.